The molecule has 0 atom stereocenters. The van der Waals surface area contributed by atoms with Gasteiger partial charge >= 0.3 is 0 Å². The second kappa shape index (κ2) is 5.45. The predicted molar refractivity (Wildman–Crippen MR) is 75.3 cm³/mol. The Morgan fingerprint density at radius 2 is 2.15 bits per heavy atom. The van der Waals surface area contributed by atoms with Gasteiger partial charge in [-0.1, -0.05) is 32.0 Å². The molecule has 0 unspecified atom stereocenters. The van der Waals surface area contributed by atoms with Crippen LogP contribution in [0.15, 0.2) is 29.0 Å². The standard InChI is InChI=1S/C15H19N3O2/c1-10-12(13(18-20-10)15(2,3)4)14(19)17-9-11-6-5-7-16-8-11/h5-8H,9H2,1-4H3,(H,17,19). The quantitative estimate of drug-likeness (QED) is 0.933. The van der Waals surface area contributed by atoms with Gasteiger partial charge < -0.3 is 9.84 Å². The van der Waals surface area contributed by atoms with Crippen LogP contribution >= 0.6 is 0 Å². The third kappa shape index (κ3) is 3.04. The number of rotatable bonds is 3. The molecule has 0 saturated heterocycles. The molecule has 20 heavy (non-hydrogen) atoms. The van der Waals surface area contributed by atoms with E-state index in [1.807, 2.05) is 32.9 Å². The molecule has 2 rings (SSSR count). The molecular weight excluding hydrogens is 254 g/mol. The molecule has 1 amide bonds. The van der Waals surface area contributed by atoms with Gasteiger partial charge in [0.1, 0.15) is 17.0 Å². The third-order valence-electron chi connectivity index (χ3n) is 2.98. The maximum absolute atomic E-state index is 12.3. The highest BCUT2D eigenvalue weighted by atomic mass is 16.5. The molecule has 0 bridgehead atoms. The fourth-order valence-electron chi connectivity index (χ4n) is 1.92. The molecule has 2 aromatic heterocycles. The molecular formula is C15H19N3O2. The Hall–Kier alpha value is -2.17. The molecule has 2 aromatic rings. The van der Waals surface area contributed by atoms with E-state index >= 15 is 0 Å². The van der Waals surface area contributed by atoms with E-state index in [4.69, 9.17) is 4.52 Å². The molecule has 0 aliphatic heterocycles. The molecule has 0 aliphatic carbocycles. The average Bonchev–Trinajstić information content (AvgIpc) is 2.79. The van der Waals surface area contributed by atoms with Crippen molar-refractivity contribution < 1.29 is 9.32 Å². The summed E-state index contributed by atoms with van der Waals surface area (Å²) in [4.78, 5) is 16.4. The number of aryl methyl sites for hydroxylation is 1. The smallest absolute Gasteiger partial charge is 0.257 e. The lowest BCUT2D eigenvalue weighted by atomic mass is 9.88. The van der Waals surface area contributed by atoms with Gasteiger partial charge in [-0.25, -0.2) is 0 Å². The summed E-state index contributed by atoms with van der Waals surface area (Å²) in [5, 5.41) is 6.89. The number of nitrogens with one attached hydrogen (secondary N) is 1. The second-order valence-electron chi connectivity index (χ2n) is 5.76. The van der Waals surface area contributed by atoms with E-state index in [1.54, 1.807) is 19.3 Å². The van der Waals surface area contributed by atoms with Crippen molar-refractivity contribution in [3.05, 3.63) is 47.1 Å². The van der Waals surface area contributed by atoms with Gasteiger partial charge in [-0.2, -0.15) is 0 Å². The highest BCUT2D eigenvalue weighted by Crippen LogP contribution is 2.26. The highest BCUT2D eigenvalue weighted by molar-refractivity contribution is 5.96. The largest absolute Gasteiger partial charge is 0.361 e. The van der Waals surface area contributed by atoms with Crippen LogP contribution in [-0.2, 0) is 12.0 Å². The van der Waals surface area contributed by atoms with Crippen LogP contribution in [0.3, 0.4) is 0 Å². The van der Waals surface area contributed by atoms with Crippen molar-refractivity contribution in [2.45, 2.75) is 39.7 Å². The minimum Gasteiger partial charge on any atom is -0.361 e. The molecule has 0 aromatic carbocycles. The zero-order valence-electron chi connectivity index (χ0n) is 12.2. The molecule has 0 spiro atoms. The summed E-state index contributed by atoms with van der Waals surface area (Å²) in [7, 11) is 0. The van der Waals surface area contributed by atoms with Crippen LogP contribution < -0.4 is 5.32 Å². The fourth-order valence-corrected chi connectivity index (χ4v) is 1.92. The molecule has 106 valence electrons. The van der Waals surface area contributed by atoms with Gasteiger partial charge in [-0.05, 0) is 18.6 Å². The first kappa shape index (κ1) is 14.2. The van der Waals surface area contributed by atoms with Gasteiger partial charge in [-0.3, -0.25) is 9.78 Å². The summed E-state index contributed by atoms with van der Waals surface area (Å²) in [5.74, 6) is 0.371. The summed E-state index contributed by atoms with van der Waals surface area (Å²) >= 11 is 0. The average molecular weight is 273 g/mol. The SMILES string of the molecule is Cc1onc(C(C)(C)C)c1C(=O)NCc1cccnc1. The molecule has 0 saturated carbocycles. The van der Waals surface area contributed by atoms with E-state index in [9.17, 15) is 4.79 Å². The lowest BCUT2D eigenvalue weighted by molar-refractivity contribution is 0.0947. The zero-order valence-corrected chi connectivity index (χ0v) is 12.2. The molecule has 0 radical (unpaired) electrons. The predicted octanol–water partition coefficient (Wildman–Crippen LogP) is 2.61. The number of aromatic nitrogens is 2. The Kier molecular flexibility index (Phi) is 3.88. The number of carbonyl (C=O) groups is 1. The third-order valence-corrected chi connectivity index (χ3v) is 2.98. The first-order valence-electron chi connectivity index (χ1n) is 6.53. The minimum atomic E-state index is -0.237. The van der Waals surface area contributed by atoms with Gasteiger partial charge in [0.2, 0.25) is 0 Å². The topological polar surface area (TPSA) is 68.0 Å². The Morgan fingerprint density at radius 1 is 1.40 bits per heavy atom. The van der Waals surface area contributed by atoms with Gasteiger partial charge in [0.15, 0.2) is 0 Å². The van der Waals surface area contributed by atoms with E-state index in [0.29, 0.717) is 23.6 Å². The number of pyridine rings is 1. The number of hydrogen-bond acceptors (Lipinski definition) is 4. The fraction of sp³-hybridized carbons (Fsp3) is 0.400. The van der Waals surface area contributed by atoms with E-state index < -0.39 is 0 Å². The molecule has 5 nitrogen and oxygen atoms in total. The lowest BCUT2D eigenvalue weighted by Crippen LogP contribution is -2.27. The van der Waals surface area contributed by atoms with Crippen LogP contribution in [0.25, 0.3) is 0 Å². The van der Waals surface area contributed by atoms with Gasteiger partial charge in [-0.15, -0.1) is 0 Å². The monoisotopic (exact) mass is 273 g/mol. The van der Waals surface area contributed by atoms with Crippen LogP contribution in [0.5, 0.6) is 0 Å². The van der Waals surface area contributed by atoms with Crippen molar-refractivity contribution in [2.24, 2.45) is 0 Å². The zero-order chi connectivity index (χ0) is 14.8. The van der Waals surface area contributed by atoms with E-state index in [-0.39, 0.29) is 11.3 Å². The van der Waals surface area contributed by atoms with Crippen molar-refractivity contribution in [3.63, 3.8) is 0 Å². The van der Waals surface area contributed by atoms with Crippen LogP contribution in [0.4, 0.5) is 0 Å². The first-order valence-corrected chi connectivity index (χ1v) is 6.53. The first-order chi connectivity index (χ1) is 9.39. The van der Waals surface area contributed by atoms with Gasteiger partial charge in [0.05, 0.1) is 0 Å². The van der Waals surface area contributed by atoms with Crippen molar-refractivity contribution >= 4 is 5.91 Å². The number of carbonyl (C=O) groups excluding carboxylic acids is 1. The Labute approximate surface area is 118 Å². The number of nitrogens with zero attached hydrogens (tertiary/aromatic N) is 2. The summed E-state index contributed by atoms with van der Waals surface area (Å²) in [5.41, 5.74) is 1.92. The molecule has 5 heteroatoms. The lowest BCUT2D eigenvalue weighted by Gasteiger charge is -2.16. The summed E-state index contributed by atoms with van der Waals surface area (Å²) < 4.78 is 5.17. The van der Waals surface area contributed by atoms with Crippen molar-refractivity contribution in [1.82, 2.24) is 15.5 Å². The second-order valence-corrected chi connectivity index (χ2v) is 5.76. The van der Waals surface area contributed by atoms with Crippen molar-refractivity contribution in [3.8, 4) is 0 Å². The van der Waals surface area contributed by atoms with Crippen molar-refractivity contribution in [1.29, 1.82) is 0 Å². The molecule has 0 fully saturated rings. The summed E-state index contributed by atoms with van der Waals surface area (Å²) in [6, 6.07) is 3.76. The number of amides is 1. The van der Waals surface area contributed by atoms with Crippen molar-refractivity contribution in [2.75, 3.05) is 0 Å². The Bertz CT molecular complexity index is 597. The number of hydrogen-bond donors (Lipinski definition) is 1. The van der Waals surface area contributed by atoms with E-state index in [0.717, 1.165) is 5.56 Å². The maximum atomic E-state index is 12.3. The van der Waals surface area contributed by atoms with Gasteiger partial charge in [0.25, 0.3) is 5.91 Å². The summed E-state index contributed by atoms with van der Waals surface area (Å²) in [6.45, 7) is 8.19. The Balaban J connectivity index is 2.16. The molecule has 1 N–H and O–H groups in total. The maximum Gasteiger partial charge on any atom is 0.257 e. The van der Waals surface area contributed by atoms with Gasteiger partial charge in [0, 0.05) is 24.4 Å². The molecule has 0 aliphatic rings. The summed E-state index contributed by atoms with van der Waals surface area (Å²) in [6.07, 6.45) is 3.43. The Morgan fingerprint density at radius 3 is 2.75 bits per heavy atom. The van der Waals surface area contributed by atoms with Crippen LogP contribution in [-0.4, -0.2) is 16.0 Å². The van der Waals surface area contributed by atoms with Crippen LogP contribution in [0, 0.1) is 6.92 Å². The minimum absolute atomic E-state index is 0.169. The highest BCUT2D eigenvalue weighted by Gasteiger charge is 2.28. The molecule has 2 heterocycles. The van der Waals surface area contributed by atoms with E-state index in [2.05, 4.69) is 15.5 Å². The van der Waals surface area contributed by atoms with Crippen LogP contribution in [0.2, 0.25) is 0 Å². The normalized spacial score (nSPS) is 11.4. The van der Waals surface area contributed by atoms with E-state index in [1.165, 1.54) is 0 Å². The van der Waals surface area contributed by atoms with Crippen LogP contribution in [0.1, 0.15) is 48.1 Å².